The molecule has 6 nitrogen and oxygen atoms in total. The molecule has 1 saturated heterocycles. The molecule has 0 spiro atoms. The standard InChI is InChI=1S/C11H10N2O4S2/c1-7(14)16-5-9-3-2-8(17-9)4-12-13-10(15)6-19-11(13)18/h2-4H,5-6H2,1H3. The number of nitrogens with zero attached hydrogens (tertiary/aromatic N) is 2. The zero-order chi connectivity index (χ0) is 13.8. The Bertz CT molecular complexity index is 537. The van der Waals surface area contributed by atoms with Gasteiger partial charge in [0.25, 0.3) is 5.91 Å². The van der Waals surface area contributed by atoms with E-state index in [0.717, 1.165) is 5.01 Å². The van der Waals surface area contributed by atoms with Crippen LogP contribution in [0.15, 0.2) is 21.7 Å². The van der Waals surface area contributed by atoms with E-state index in [9.17, 15) is 9.59 Å². The van der Waals surface area contributed by atoms with Gasteiger partial charge in [0.2, 0.25) is 0 Å². The molecule has 0 aromatic carbocycles. The third-order valence-corrected chi connectivity index (χ3v) is 3.47. The second-order valence-corrected chi connectivity index (χ2v) is 5.20. The van der Waals surface area contributed by atoms with Crippen LogP contribution in [0.3, 0.4) is 0 Å². The number of furan rings is 1. The minimum absolute atomic E-state index is 0.0695. The average Bonchev–Trinajstić information content (AvgIpc) is 2.93. The van der Waals surface area contributed by atoms with Crippen LogP contribution < -0.4 is 0 Å². The van der Waals surface area contributed by atoms with E-state index in [1.165, 1.54) is 24.9 Å². The van der Waals surface area contributed by atoms with Gasteiger partial charge in [-0.15, -0.1) is 0 Å². The Labute approximate surface area is 118 Å². The Morgan fingerprint density at radius 1 is 1.68 bits per heavy atom. The monoisotopic (exact) mass is 298 g/mol. The van der Waals surface area contributed by atoms with Gasteiger partial charge in [-0.1, -0.05) is 24.0 Å². The predicted octanol–water partition coefficient (Wildman–Crippen LogP) is 1.54. The molecular formula is C11H10N2O4S2. The van der Waals surface area contributed by atoms with Gasteiger partial charge in [-0.2, -0.15) is 10.1 Å². The molecule has 0 radical (unpaired) electrons. The van der Waals surface area contributed by atoms with Crippen LogP contribution in [0.1, 0.15) is 18.4 Å². The lowest BCUT2D eigenvalue weighted by atomic mass is 10.4. The van der Waals surface area contributed by atoms with E-state index < -0.39 is 0 Å². The van der Waals surface area contributed by atoms with Gasteiger partial charge in [-0.05, 0) is 12.1 Å². The van der Waals surface area contributed by atoms with Crippen LogP contribution >= 0.6 is 24.0 Å². The molecule has 1 amide bonds. The largest absolute Gasteiger partial charge is 0.458 e. The number of esters is 1. The molecule has 8 heteroatoms. The van der Waals surface area contributed by atoms with Gasteiger partial charge in [-0.25, -0.2) is 0 Å². The molecule has 100 valence electrons. The summed E-state index contributed by atoms with van der Waals surface area (Å²) >= 11 is 6.25. The van der Waals surface area contributed by atoms with Crippen molar-refractivity contribution in [1.29, 1.82) is 0 Å². The lowest BCUT2D eigenvalue weighted by molar-refractivity contribution is -0.142. The maximum absolute atomic E-state index is 11.4. The first-order valence-corrected chi connectivity index (χ1v) is 6.71. The van der Waals surface area contributed by atoms with Crippen LogP contribution in [0, 0.1) is 0 Å². The fraction of sp³-hybridized carbons (Fsp3) is 0.273. The number of ether oxygens (including phenoxy) is 1. The molecule has 0 aliphatic carbocycles. The number of rotatable bonds is 4. The molecule has 0 bridgehead atoms. The zero-order valence-electron chi connectivity index (χ0n) is 9.99. The third kappa shape index (κ3) is 3.65. The van der Waals surface area contributed by atoms with Gasteiger partial charge in [0.05, 0.1) is 12.0 Å². The van der Waals surface area contributed by atoms with Crippen LogP contribution in [0.5, 0.6) is 0 Å². The molecular weight excluding hydrogens is 288 g/mol. The van der Waals surface area contributed by atoms with Crippen molar-refractivity contribution in [2.24, 2.45) is 5.10 Å². The number of thiocarbonyl (C=S) groups is 1. The molecule has 19 heavy (non-hydrogen) atoms. The fourth-order valence-electron chi connectivity index (χ4n) is 1.29. The van der Waals surface area contributed by atoms with Crippen molar-refractivity contribution in [3.63, 3.8) is 0 Å². The summed E-state index contributed by atoms with van der Waals surface area (Å²) in [5.41, 5.74) is 0. The molecule has 0 unspecified atom stereocenters. The van der Waals surface area contributed by atoms with Crippen molar-refractivity contribution in [3.8, 4) is 0 Å². The zero-order valence-corrected chi connectivity index (χ0v) is 11.6. The summed E-state index contributed by atoms with van der Waals surface area (Å²) in [7, 11) is 0. The van der Waals surface area contributed by atoms with Gasteiger partial charge < -0.3 is 9.15 Å². The lowest BCUT2D eigenvalue weighted by Crippen LogP contribution is -2.22. The number of hydrogen-bond donors (Lipinski definition) is 0. The number of amides is 1. The van der Waals surface area contributed by atoms with E-state index in [0.29, 0.717) is 21.6 Å². The second-order valence-electron chi connectivity index (χ2n) is 3.59. The van der Waals surface area contributed by atoms with E-state index >= 15 is 0 Å². The van der Waals surface area contributed by atoms with Crippen LogP contribution in [-0.4, -0.2) is 33.2 Å². The quantitative estimate of drug-likeness (QED) is 0.477. The van der Waals surface area contributed by atoms with Crippen molar-refractivity contribution >= 4 is 46.4 Å². The lowest BCUT2D eigenvalue weighted by Gasteiger charge is -2.05. The minimum Gasteiger partial charge on any atom is -0.458 e. The summed E-state index contributed by atoms with van der Waals surface area (Å²) in [5, 5.41) is 5.12. The van der Waals surface area contributed by atoms with Crippen LogP contribution in [0.4, 0.5) is 0 Å². The second kappa shape index (κ2) is 5.98. The Balaban J connectivity index is 1.97. The van der Waals surface area contributed by atoms with Crippen molar-refractivity contribution in [2.75, 3.05) is 5.75 Å². The first-order chi connectivity index (χ1) is 9.06. The molecule has 0 saturated carbocycles. The summed E-state index contributed by atoms with van der Waals surface area (Å²) in [5.74, 6) is 0.733. The maximum atomic E-state index is 11.4. The number of hydrazone groups is 1. The average molecular weight is 298 g/mol. The highest BCUT2D eigenvalue weighted by Gasteiger charge is 2.26. The SMILES string of the molecule is CC(=O)OCc1ccc(C=NN2C(=O)CSC2=S)o1. The third-order valence-electron chi connectivity index (χ3n) is 2.13. The molecule has 1 fully saturated rings. The van der Waals surface area contributed by atoms with Gasteiger partial charge >= 0.3 is 5.97 Å². The Morgan fingerprint density at radius 2 is 2.47 bits per heavy atom. The maximum Gasteiger partial charge on any atom is 0.303 e. The van der Waals surface area contributed by atoms with E-state index in [1.807, 2.05) is 0 Å². The van der Waals surface area contributed by atoms with Crippen LogP contribution in [0.2, 0.25) is 0 Å². The summed E-state index contributed by atoms with van der Waals surface area (Å²) < 4.78 is 10.6. The fourth-order valence-corrected chi connectivity index (χ4v) is 2.25. The number of hydrogen-bond acceptors (Lipinski definition) is 7. The molecule has 0 N–H and O–H groups in total. The highest BCUT2D eigenvalue weighted by Crippen LogP contribution is 2.19. The van der Waals surface area contributed by atoms with E-state index in [2.05, 4.69) is 5.10 Å². The number of carbonyl (C=O) groups is 2. The molecule has 1 aromatic heterocycles. The first-order valence-electron chi connectivity index (χ1n) is 5.32. The first kappa shape index (κ1) is 13.8. The van der Waals surface area contributed by atoms with E-state index in [1.54, 1.807) is 12.1 Å². The molecule has 1 aliphatic rings. The smallest absolute Gasteiger partial charge is 0.303 e. The van der Waals surface area contributed by atoms with Gasteiger partial charge in [0, 0.05) is 6.92 Å². The molecule has 1 aromatic rings. The summed E-state index contributed by atoms with van der Waals surface area (Å²) in [6, 6.07) is 3.34. The van der Waals surface area contributed by atoms with Crippen molar-refractivity contribution in [1.82, 2.24) is 5.01 Å². The number of carbonyl (C=O) groups excluding carboxylic acids is 2. The molecule has 0 atom stereocenters. The van der Waals surface area contributed by atoms with Gasteiger partial charge in [-0.3, -0.25) is 9.59 Å². The highest BCUT2D eigenvalue weighted by atomic mass is 32.2. The summed E-state index contributed by atoms with van der Waals surface area (Å²) in [6.07, 6.45) is 1.40. The van der Waals surface area contributed by atoms with Crippen molar-refractivity contribution < 1.29 is 18.7 Å². The Morgan fingerprint density at radius 3 is 3.11 bits per heavy atom. The van der Waals surface area contributed by atoms with Crippen LogP contribution in [0.25, 0.3) is 0 Å². The highest BCUT2D eigenvalue weighted by molar-refractivity contribution is 8.23. The summed E-state index contributed by atoms with van der Waals surface area (Å²) in [6.45, 7) is 1.39. The minimum atomic E-state index is -0.378. The summed E-state index contributed by atoms with van der Waals surface area (Å²) in [4.78, 5) is 22.0. The van der Waals surface area contributed by atoms with Gasteiger partial charge in [0.1, 0.15) is 18.1 Å². The predicted molar refractivity (Wildman–Crippen MR) is 73.7 cm³/mol. The normalized spacial score (nSPS) is 15.5. The molecule has 2 rings (SSSR count). The number of thioether (sulfide) groups is 1. The van der Waals surface area contributed by atoms with Crippen molar-refractivity contribution in [2.45, 2.75) is 13.5 Å². The van der Waals surface area contributed by atoms with Gasteiger partial charge in [0.15, 0.2) is 4.32 Å². The topological polar surface area (TPSA) is 72.1 Å². The van der Waals surface area contributed by atoms with Crippen LogP contribution in [-0.2, 0) is 20.9 Å². The molecule has 2 heterocycles. The van der Waals surface area contributed by atoms with Crippen molar-refractivity contribution in [3.05, 3.63) is 23.7 Å². The Kier molecular flexibility index (Phi) is 4.33. The van der Waals surface area contributed by atoms with E-state index in [4.69, 9.17) is 21.4 Å². The molecule has 1 aliphatic heterocycles. The van der Waals surface area contributed by atoms with E-state index in [-0.39, 0.29) is 18.5 Å². The Hall–Kier alpha value is -1.67.